The number of fused-ring (bicyclic) bond motifs is 1. The largest absolute Gasteiger partial charge is 0.337 e. The molecular formula is C22H21Cl2N5O2. The Bertz CT molecular complexity index is 1130. The monoisotopic (exact) mass is 457 g/mol. The highest BCUT2D eigenvalue weighted by atomic mass is 35.5. The molecule has 1 fully saturated rings. The Morgan fingerprint density at radius 2 is 1.71 bits per heavy atom. The lowest BCUT2D eigenvalue weighted by molar-refractivity contribution is -0.125. The third-order valence-electron chi connectivity index (χ3n) is 5.10. The Labute approximate surface area is 189 Å². The average molecular weight is 458 g/mol. The SMILES string of the molecule is O=C(/C=C/c1c(Cl)nc2ccccn12)N1CCCN(C(=O)Nc2ccc(Cl)cc2)CC1. The fraction of sp³-hybridized carbons (Fsp3) is 0.227. The molecule has 160 valence electrons. The Morgan fingerprint density at radius 3 is 2.52 bits per heavy atom. The molecule has 0 radical (unpaired) electrons. The first kappa shape index (κ1) is 21.2. The summed E-state index contributed by atoms with van der Waals surface area (Å²) in [5.41, 5.74) is 2.06. The number of carbonyl (C=O) groups excluding carboxylic acids is 2. The van der Waals surface area contributed by atoms with E-state index in [2.05, 4.69) is 10.3 Å². The molecule has 0 spiro atoms. The molecule has 31 heavy (non-hydrogen) atoms. The van der Waals surface area contributed by atoms with E-state index < -0.39 is 0 Å². The van der Waals surface area contributed by atoms with Crippen molar-refractivity contribution in [1.82, 2.24) is 19.2 Å². The summed E-state index contributed by atoms with van der Waals surface area (Å²) in [6.45, 7) is 2.06. The molecular weight excluding hydrogens is 437 g/mol. The van der Waals surface area contributed by atoms with Crippen molar-refractivity contribution in [3.8, 4) is 0 Å². The number of hydrogen-bond donors (Lipinski definition) is 1. The number of pyridine rings is 1. The molecule has 0 atom stereocenters. The standard InChI is InChI=1S/C22H21Cl2N5O2/c23-16-5-7-17(8-6-16)25-22(31)28-12-3-11-27(14-15-28)20(30)10-9-18-21(24)26-19-4-1-2-13-29(18)19/h1-2,4-10,13H,3,11-12,14-15H2,(H,25,31)/b10-9+. The summed E-state index contributed by atoms with van der Waals surface area (Å²) in [6, 6.07) is 12.4. The van der Waals surface area contributed by atoms with Crippen molar-refractivity contribution in [3.63, 3.8) is 0 Å². The van der Waals surface area contributed by atoms with E-state index in [4.69, 9.17) is 23.2 Å². The Morgan fingerprint density at radius 1 is 0.968 bits per heavy atom. The second-order valence-corrected chi connectivity index (χ2v) is 7.95. The van der Waals surface area contributed by atoms with E-state index >= 15 is 0 Å². The summed E-state index contributed by atoms with van der Waals surface area (Å²) >= 11 is 12.1. The summed E-state index contributed by atoms with van der Waals surface area (Å²) in [4.78, 5) is 33.0. The van der Waals surface area contributed by atoms with Gasteiger partial charge in [-0.25, -0.2) is 9.78 Å². The van der Waals surface area contributed by atoms with Gasteiger partial charge in [0, 0.05) is 49.2 Å². The van der Waals surface area contributed by atoms with Crippen LogP contribution in [-0.2, 0) is 4.79 Å². The van der Waals surface area contributed by atoms with Crippen LogP contribution in [0.15, 0.2) is 54.7 Å². The van der Waals surface area contributed by atoms with Gasteiger partial charge in [0.1, 0.15) is 5.65 Å². The lowest BCUT2D eigenvalue weighted by Gasteiger charge is -2.22. The minimum Gasteiger partial charge on any atom is -0.337 e. The number of amides is 3. The number of carbonyl (C=O) groups is 2. The quantitative estimate of drug-likeness (QED) is 0.591. The van der Waals surface area contributed by atoms with Crippen LogP contribution >= 0.6 is 23.2 Å². The zero-order valence-corrected chi connectivity index (χ0v) is 18.2. The third kappa shape index (κ3) is 5.00. The number of benzene rings is 1. The van der Waals surface area contributed by atoms with E-state index in [0.717, 1.165) is 5.65 Å². The van der Waals surface area contributed by atoms with Crippen LogP contribution in [0, 0.1) is 0 Å². The van der Waals surface area contributed by atoms with Gasteiger partial charge in [-0.05, 0) is 48.9 Å². The fourth-order valence-corrected chi connectivity index (χ4v) is 3.83. The maximum absolute atomic E-state index is 12.7. The maximum Gasteiger partial charge on any atom is 0.321 e. The molecule has 0 unspecified atom stereocenters. The number of rotatable bonds is 3. The van der Waals surface area contributed by atoms with Crippen LogP contribution in [0.3, 0.4) is 0 Å². The second-order valence-electron chi connectivity index (χ2n) is 7.15. The summed E-state index contributed by atoms with van der Waals surface area (Å²) in [5, 5.41) is 3.82. The van der Waals surface area contributed by atoms with Gasteiger partial charge >= 0.3 is 6.03 Å². The predicted molar refractivity (Wildman–Crippen MR) is 122 cm³/mol. The van der Waals surface area contributed by atoms with Gasteiger partial charge < -0.3 is 15.1 Å². The highest BCUT2D eigenvalue weighted by molar-refractivity contribution is 6.31. The summed E-state index contributed by atoms with van der Waals surface area (Å²) < 4.78 is 1.83. The normalized spacial score (nSPS) is 14.8. The Hall–Kier alpha value is -3.03. The van der Waals surface area contributed by atoms with Crippen LogP contribution in [-0.4, -0.2) is 57.3 Å². The summed E-state index contributed by atoms with van der Waals surface area (Å²) in [6.07, 6.45) is 5.73. The molecule has 1 saturated heterocycles. The van der Waals surface area contributed by atoms with E-state index in [-0.39, 0.29) is 11.9 Å². The van der Waals surface area contributed by atoms with Crippen LogP contribution < -0.4 is 5.32 Å². The van der Waals surface area contributed by atoms with Gasteiger partial charge in [-0.3, -0.25) is 9.20 Å². The first-order chi connectivity index (χ1) is 15.0. The number of halogens is 2. The van der Waals surface area contributed by atoms with Crippen molar-refractivity contribution in [2.75, 3.05) is 31.5 Å². The van der Waals surface area contributed by atoms with Gasteiger partial charge in [-0.15, -0.1) is 0 Å². The predicted octanol–water partition coefficient (Wildman–Crippen LogP) is 4.42. The average Bonchev–Trinajstić information content (AvgIpc) is 2.92. The van der Waals surface area contributed by atoms with Gasteiger partial charge in [-0.2, -0.15) is 0 Å². The molecule has 4 rings (SSSR count). The van der Waals surface area contributed by atoms with Crippen molar-refractivity contribution in [2.24, 2.45) is 0 Å². The summed E-state index contributed by atoms with van der Waals surface area (Å²) in [7, 11) is 0. The highest BCUT2D eigenvalue weighted by Gasteiger charge is 2.21. The second kappa shape index (κ2) is 9.41. The van der Waals surface area contributed by atoms with Crippen LogP contribution in [0.25, 0.3) is 11.7 Å². The van der Waals surface area contributed by atoms with Gasteiger partial charge in [0.05, 0.1) is 5.69 Å². The lowest BCUT2D eigenvalue weighted by atomic mass is 10.3. The van der Waals surface area contributed by atoms with E-state index in [1.54, 1.807) is 40.1 Å². The number of urea groups is 1. The maximum atomic E-state index is 12.7. The number of anilines is 1. The van der Waals surface area contributed by atoms with Gasteiger partial charge in [0.2, 0.25) is 5.91 Å². The van der Waals surface area contributed by atoms with Gasteiger partial charge in [-0.1, -0.05) is 29.3 Å². The van der Waals surface area contributed by atoms with E-state index in [9.17, 15) is 9.59 Å². The Balaban J connectivity index is 1.37. The lowest BCUT2D eigenvalue weighted by Crippen LogP contribution is -2.39. The number of aromatic nitrogens is 2. The molecule has 1 aliphatic heterocycles. The number of imidazole rings is 1. The number of nitrogens with zero attached hydrogens (tertiary/aromatic N) is 4. The van der Waals surface area contributed by atoms with Crippen molar-refractivity contribution < 1.29 is 9.59 Å². The zero-order valence-electron chi connectivity index (χ0n) is 16.7. The molecule has 3 heterocycles. The molecule has 9 heteroatoms. The first-order valence-corrected chi connectivity index (χ1v) is 10.7. The Kier molecular flexibility index (Phi) is 6.44. The molecule has 3 amide bonds. The molecule has 0 bridgehead atoms. The molecule has 3 aromatic rings. The van der Waals surface area contributed by atoms with E-state index in [1.165, 1.54) is 6.08 Å². The smallest absolute Gasteiger partial charge is 0.321 e. The van der Waals surface area contributed by atoms with Gasteiger partial charge in [0.15, 0.2) is 5.15 Å². The van der Waals surface area contributed by atoms with E-state index in [1.807, 2.05) is 28.8 Å². The number of hydrogen-bond acceptors (Lipinski definition) is 3. The molecule has 7 nitrogen and oxygen atoms in total. The van der Waals surface area contributed by atoms with Crippen molar-refractivity contribution >= 4 is 52.6 Å². The van der Waals surface area contributed by atoms with Crippen LogP contribution in [0.4, 0.5) is 10.5 Å². The zero-order chi connectivity index (χ0) is 21.8. The highest BCUT2D eigenvalue weighted by Crippen LogP contribution is 2.19. The molecule has 2 aromatic heterocycles. The van der Waals surface area contributed by atoms with Crippen LogP contribution in [0.1, 0.15) is 12.1 Å². The minimum atomic E-state index is -0.190. The summed E-state index contributed by atoms with van der Waals surface area (Å²) in [5.74, 6) is -0.123. The van der Waals surface area contributed by atoms with Crippen molar-refractivity contribution in [2.45, 2.75) is 6.42 Å². The molecule has 1 N–H and O–H groups in total. The molecule has 0 saturated carbocycles. The molecule has 0 aliphatic carbocycles. The minimum absolute atomic E-state index is 0.123. The molecule has 1 aromatic carbocycles. The molecule has 1 aliphatic rings. The van der Waals surface area contributed by atoms with E-state index in [0.29, 0.717) is 54.2 Å². The number of nitrogens with one attached hydrogen (secondary N) is 1. The van der Waals surface area contributed by atoms with Gasteiger partial charge in [0.25, 0.3) is 0 Å². The van der Waals surface area contributed by atoms with Crippen molar-refractivity contribution in [3.05, 3.63) is 70.6 Å². The first-order valence-electron chi connectivity index (χ1n) is 9.92. The van der Waals surface area contributed by atoms with Crippen molar-refractivity contribution in [1.29, 1.82) is 0 Å². The fourth-order valence-electron chi connectivity index (χ4n) is 3.47. The third-order valence-corrected chi connectivity index (χ3v) is 5.63. The van der Waals surface area contributed by atoms with Crippen LogP contribution in [0.2, 0.25) is 10.2 Å². The van der Waals surface area contributed by atoms with Crippen LogP contribution in [0.5, 0.6) is 0 Å². The topological polar surface area (TPSA) is 70.0 Å².